The molecule has 0 aromatic heterocycles. The summed E-state index contributed by atoms with van der Waals surface area (Å²) in [4.78, 5) is 53.8. The topological polar surface area (TPSA) is 141 Å². The van der Waals surface area contributed by atoms with Crippen LogP contribution in [0.1, 0.15) is 74.7 Å². The summed E-state index contributed by atoms with van der Waals surface area (Å²) in [7, 11) is 0. The smallest absolute Gasteiger partial charge is 0.408 e. The van der Waals surface area contributed by atoms with Crippen molar-refractivity contribution in [3.63, 3.8) is 0 Å². The Bertz CT molecular complexity index is 973. The number of amides is 4. The molecule has 0 spiro atoms. The maximum absolute atomic E-state index is 13.9. The Balaban J connectivity index is 1.78. The molecule has 2 saturated heterocycles. The van der Waals surface area contributed by atoms with E-state index in [4.69, 9.17) is 4.74 Å². The number of alkyl carbamates (subject to hydrolysis) is 1. The molecular formula is C27H43N5O5. The predicted octanol–water partition coefficient (Wildman–Crippen LogP) is 2.33. The number of likely N-dealkylation sites (tertiary alicyclic amines) is 1. The molecule has 206 valence electrons. The molecule has 10 nitrogen and oxygen atoms in total. The number of piperidine rings is 2. The molecule has 0 unspecified atom stereocenters. The van der Waals surface area contributed by atoms with Crippen LogP contribution in [0.4, 0.5) is 4.79 Å². The molecule has 3 aliphatic rings. The lowest BCUT2D eigenvalue weighted by atomic mass is 9.85. The summed E-state index contributed by atoms with van der Waals surface area (Å²) in [5.41, 5.74) is -1.47. The molecule has 2 aliphatic heterocycles. The fourth-order valence-electron chi connectivity index (χ4n) is 5.80. The Morgan fingerprint density at radius 3 is 2.38 bits per heavy atom. The third-order valence-electron chi connectivity index (χ3n) is 7.93. The van der Waals surface area contributed by atoms with Crippen molar-refractivity contribution in [2.45, 2.75) is 98.4 Å². The number of fused-ring (bicyclic) bond motifs is 1. The van der Waals surface area contributed by atoms with Gasteiger partial charge in [-0.1, -0.05) is 34.6 Å². The van der Waals surface area contributed by atoms with E-state index in [-0.39, 0.29) is 47.3 Å². The van der Waals surface area contributed by atoms with Crippen LogP contribution in [0.15, 0.2) is 0 Å². The van der Waals surface area contributed by atoms with Gasteiger partial charge in [-0.25, -0.2) is 4.79 Å². The number of carbonyl (C=O) groups is 4. The first kappa shape index (κ1) is 28.7. The molecular weight excluding hydrogens is 474 g/mol. The highest BCUT2D eigenvalue weighted by Crippen LogP contribution is 2.65. The van der Waals surface area contributed by atoms with Crippen LogP contribution in [0.25, 0.3) is 0 Å². The van der Waals surface area contributed by atoms with Crippen molar-refractivity contribution in [2.75, 3.05) is 13.1 Å². The van der Waals surface area contributed by atoms with Crippen molar-refractivity contribution in [1.29, 1.82) is 5.26 Å². The van der Waals surface area contributed by atoms with E-state index in [1.807, 2.05) is 20.8 Å². The van der Waals surface area contributed by atoms with E-state index in [0.717, 1.165) is 6.42 Å². The molecule has 3 N–H and O–H groups in total. The highest BCUT2D eigenvalue weighted by Gasteiger charge is 2.69. The van der Waals surface area contributed by atoms with Crippen LogP contribution in [0.5, 0.6) is 0 Å². The Hall–Kier alpha value is -2.83. The minimum atomic E-state index is -0.907. The van der Waals surface area contributed by atoms with Crippen LogP contribution in [-0.2, 0) is 19.1 Å². The molecule has 2 heterocycles. The number of nitriles is 1. The maximum atomic E-state index is 13.9. The maximum Gasteiger partial charge on any atom is 0.408 e. The highest BCUT2D eigenvalue weighted by molar-refractivity contribution is 5.93. The number of rotatable bonds is 6. The van der Waals surface area contributed by atoms with E-state index < -0.39 is 35.2 Å². The summed E-state index contributed by atoms with van der Waals surface area (Å²) >= 11 is 0. The third kappa shape index (κ3) is 6.36. The van der Waals surface area contributed by atoms with Gasteiger partial charge in [-0.15, -0.1) is 0 Å². The molecule has 1 aliphatic carbocycles. The minimum Gasteiger partial charge on any atom is -0.444 e. The van der Waals surface area contributed by atoms with Gasteiger partial charge >= 0.3 is 6.09 Å². The Morgan fingerprint density at radius 2 is 1.84 bits per heavy atom. The number of nitrogens with one attached hydrogen (secondary N) is 3. The average Bonchev–Trinajstić information content (AvgIpc) is 3.09. The van der Waals surface area contributed by atoms with Crippen molar-refractivity contribution in [3.05, 3.63) is 0 Å². The van der Waals surface area contributed by atoms with E-state index in [9.17, 15) is 24.4 Å². The fourth-order valence-corrected chi connectivity index (χ4v) is 5.80. The summed E-state index contributed by atoms with van der Waals surface area (Å²) in [6.45, 7) is 16.0. The number of hydrogen-bond acceptors (Lipinski definition) is 6. The van der Waals surface area contributed by atoms with Crippen molar-refractivity contribution in [1.82, 2.24) is 20.9 Å². The lowest BCUT2D eigenvalue weighted by molar-refractivity contribution is -0.144. The van der Waals surface area contributed by atoms with Gasteiger partial charge in [-0.2, -0.15) is 5.26 Å². The first-order valence-electron chi connectivity index (χ1n) is 13.2. The first-order chi connectivity index (χ1) is 17.0. The second-order valence-electron chi connectivity index (χ2n) is 13.4. The van der Waals surface area contributed by atoms with Crippen molar-refractivity contribution >= 4 is 23.8 Å². The van der Waals surface area contributed by atoms with E-state index in [0.29, 0.717) is 19.5 Å². The lowest BCUT2D eigenvalue weighted by Gasteiger charge is -2.38. The largest absolute Gasteiger partial charge is 0.444 e. The second kappa shape index (κ2) is 10.1. The fraction of sp³-hybridized carbons (Fsp3) is 0.815. The molecule has 6 atom stereocenters. The molecule has 0 bridgehead atoms. The summed E-state index contributed by atoms with van der Waals surface area (Å²) in [5.74, 6) is -1.05. The summed E-state index contributed by atoms with van der Waals surface area (Å²) in [6.07, 6.45) is 1.05. The molecule has 3 fully saturated rings. The molecule has 4 amide bonds. The standard InChI is InChI=1S/C27H43N5O5/c1-25(2,3)20(31-24(36)37-26(4,5)6)23(35)32-14-17-18(27(17,7)8)19(32)22(34)30-16(13-28)12-15-10-9-11-29-21(15)33/h15-20H,9-12,14H2,1-8H3,(H,29,33)(H,30,34)(H,31,36)/t15-,16-,17-,18-,19-,20+/m0/s1. The second-order valence-corrected chi connectivity index (χ2v) is 13.4. The lowest BCUT2D eigenvalue weighted by Crippen LogP contribution is -2.60. The number of ether oxygens (including phenoxy) is 1. The molecule has 0 aromatic carbocycles. The van der Waals surface area contributed by atoms with Crippen molar-refractivity contribution < 1.29 is 23.9 Å². The van der Waals surface area contributed by atoms with Gasteiger partial charge in [0, 0.05) is 19.0 Å². The number of carbonyl (C=O) groups excluding carboxylic acids is 4. The van der Waals surface area contributed by atoms with Crippen molar-refractivity contribution in [3.8, 4) is 6.07 Å². The first-order valence-corrected chi connectivity index (χ1v) is 13.2. The van der Waals surface area contributed by atoms with Crippen molar-refractivity contribution in [2.24, 2.45) is 28.6 Å². The number of nitrogens with zero attached hydrogens (tertiary/aromatic N) is 2. The summed E-state index contributed by atoms with van der Waals surface area (Å²) in [5, 5.41) is 18.1. The van der Waals surface area contributed by atoms with Gasteiger partial charge in [0.15, 0.2) is 0 Å². The van der Waals surface area contributed by atoms with E-state index in [1.165, 1.54) is 0 Å². The molecule has 37 heavy (non-hydrogen) atoms. The molecule has 10 heteroatoms. The van der Waals surface area contributed by atoms with Gasteiger partial charge in [0.1, 0.15) is 23.7 Å². The zero-order valence-electron chi connectivity index (χ0n) is 23.4. The molecule has 3 rings (SSSR count). The quantitative estimate of drug-likeness (QED) is 0.494. The van der Waals surface area contributed by atoms with Gasteiger partial charge < -0.3 is 25.6 Å². The van der Waals surface area contributed by atoms with Crippen LogP contribution >= 0.6 is 0 Å². The van der Waals surface area contributed by atoms with Gasteiger partial charge in [-0.3, -0.25) is 14.4 Å². The molecule has 0 radical (unpaired) electrons. The zero-order chi connectivity index (χ0) is 27.9. The van der Waals surface area contributed by atoms with Gasteiger partial charge in [0.2, 0.25) is 17.7 Å². The van der Waals surface area contributed by atoms with Crippen LogP contribution in [-0.4, -0.2) is 65.5 Å². The van der Waals surface area contributed by atoms with Crippen LogP contribution < -0.4 is 16.0 Å². The van der Waals surface area contributed by atoms with E-state index >= 15 is 0 Å². The normalized spacial score (nSPS) is 28.2. The predicted molar refractivity (Wildman–Crippen MR) is 137 cm³/mol. The van der Waals surface area contributed by atoms with Gasteiger partial charge in [0.05, 0.1) is 6.07 Å². The van der Waals surface area contributed by atoms with Crippen LogP contribution in [0.3, 0.4) is 0 Å². The monoisotopic (exact) mass is 517 g/mol. The van der Waals surface area contributed by atoms with Gasteiger partial charge in [0.25, 0.3) is 0 Å². The highest BCUT2D eigenvalue weighted by atomic mass is 16.6. The Morgan fingerprint density at radius 1 is 1.19 bits per heavy atom. The summed E-state index contributed by atoms with van der Waals surface area (Å²) < 4.78 is 5.39. The van der Waals surface area contributed by atoms with Crippen LogP contribution in [0.2, 0.25) is 0 Å². The molecule has 0 aromatic rings. The summed E-state index contributed by atoms with van der Waals surface area (Å²) in [6, 6.07) is -0.374. The Kier molecular flexibility index (Phi) is 7.88. The van der Waals surface area contributed by atoms with E-state index in [1.54, 1.807) is 25.7 Å². The van der Waals surface area contributed by atoms with E-state index in [2.05, 4.69) is 35.9 Å². The Labute approximate surface area is 220 Å². The molecule has 1 saturated carbocycles. The SMILES string of the molecule is CC(C)(C)OC(=O)N[C@H](C(=O)N1C[C@H]2[C@@H]([C@H]1C(=O)N[C@H](C#N)C[C@@H]1CCCNC1=O)C2(C)C)C(C)(C)C. The average molecular weight is 518 g/mol. The van der Waals surface area contributed by atoms with Gasteiger partial charge in [-0.05, 0) is 62.7 Å². The number of hydrogen-bond donors (Lipinski definition) is 3. The zero-order valence-corrected chi connectivity index (χ0v) is 23.4. The van der Waals surface area contributed by atoms with Crippen LogP contribution in [0, 0.1) is 39.9 Å². The minimum absolute atomic E-state index is 0.0454. The third-order valence-corrected chi connectivity index (χ3v) is 7.93.